The van der Waals surface area contributed by atoms with Gasteiger partial charge in [0.2, 0.25) is 0 Å². The van der Waals surface area contributed by atoms with Crippen LogP contribution in [0.1, 0.15) is 51.3 Å². The highest BCUT2D eigenvalue weighted by Gasteiger charge is 2.37. The topological polar surface area (TPSA) is 27.0 Å². The SMILES string of the molecule is C=C/C=C\C.C=NC(=C)N(c1ccccc1)c1cc2c3ccccc3n(-c3ccc4c(c3)C(C)(C)c3cc(N(c5ccccc5)c5ccccc5)ccc3-4)c2cc1N(Cc1ccccc1)c1ccccc1.CC. The maximum absolute atomic E-state index is 4.46. The molecular weight excluding hydrogens is 887 g/mol. The first kappa shape index (κ1) is 49.1. The number of hydrogen-bond acceptors (Lipinski definition) is 4. The van der Waals surface area contributed by atoms with Crippen LogP contribution in [0.4, 0.5) is 39.8 Å². The molecule has 0 aliphatic heterocycles. The molecule has 1 aliphatic carbocycles. The largest absolute Gasteiger partial charge is 0.335 e. The number of aliphatic imine (C=N–C) groups is 1. The Kier molecular flexibility index (Phi) is 14.8. The van der Waals surface area contributed by atoms with E-state index in [2.05, 4.69) is 276 Å². The second kappa shape index (κ2) is 22.0. The second-order valence-electron chi connectivity index (χ2n) is 18.2. The van der Waals surface area contributed by atoms with E-state index >= 15 is 0 Å². The number of nitrogens with zero attached hydrogens (tertiary/aromatic N) is 5. The first-order chi connectivity index (χ1) is 35.8. The lowest BCUT2D eigenvalue weighted by Crippen LogP contribution is -2.22. The Morgan fingerprint density at radius 3 is 1.62 bits per heavy atom. The number of benzene rings is 9. The van der Waals surface area contributed by atoms with Gasteiger partial charge in [-0.05, 0) is 132 Å². The lowest BCUT2D eigenvalue weighted by molar-refractivity contribution is 0.660. The molecule has 0 amide bonds. The van der Waals surface area contributed by atoms with Crippen molar-refractivity contribution in [3.63, 3.8) is 0 Å². The minimum atomic E-state index is -0.277. The molecule has 73 heavy (non-hydrogen) atoms. The van der Waals surface area contributed by atoms with Crippen molar-refractivity contribution in [2.24, 2.45) is 4.99 Å². The van der Waals surface area contributed by atoms with Gasteiger partial charge in [-0.2, -0.15) is 0 Å². The highest BCUT2D eigenvalue weighted by atomic mass is 15.3. The van der Waals surface area contributed by atoms with Crippen LogP contribution < -0.4 is 14.7 Å². The van der Waals surface area contributed by atoms with Crippen LogP contribution in [0.15, 0.2) is 267 Å². The van der Waals surface area contributed by atoms with Crippen LogP contribution in [0.25, 0.3) is 38.6 Å². The normalized spacial score (nSPS) is 11.9. The van der Waals surface area contributed by atoms with Crippen LogP contribution >= 0.6 is 0 Å². The van der Waals surface area contributed by atoms with Gasteiger partial charge in [-0.1, -0.05) is 193 Å². The van der Waals surface area contributed by atoms with E-state index in [0.29, 0.717) is 12.4 Å². The van der Waals surface area contributed by atoms with Crippen molar-refractivity contribution in [3.05, 3.63) is 278 Å². The molecule has 1 aliphatic rings. The van der Waals surface area contributed by atoms with Crippen molar-refractivity contribution >= 4 is 68.3 Å². The number of para-hydroxylation sites is 5. The zero-order valence-corrected chi connectivity index (χ0v) is 42.7. The van der Waals surface area contributed by atoms with Crippen LogP contribution in [-0.2, 0) is 12.0 Å². The van der Waals surface area contributed by atoms with Crippen LogP contribution in [0.5, 0.6) is 0 Å². The lowest BCUT2D eigenvalue weighted by Gasteiger charge is -2.33. The highest BCUT2D eigenvalue weighted by Crippen LogP contribution is 2.52. The third kappa shape index (κ3) is 9.66. The minimum absolute atomic E-state index is 0.277. The predicted octanol–water partition coefficient (Wildman–Crippen LogP) is 19.0. The quantitative estimate of drug-likeness (QED) is 0.0851. The van der Waals surface area contributed by atoms with Gasteiger partial charge in [0.1, 0.15) is 5.82 Å². The Morgan fingerprint density at radius 1 is 0.534 bits per heavy atom. The van der Waals surface area contributed by atoms with E-state index in [0.717, 1.165) is 67.3 Å². The number of rotatable bonds is 13. The zero-order valence-electron chi connectivity index (χ0n) is 42.7. The van der Waals surface area contributed by atoms with Gasteiger partial charge < -0.3 is 14.4 Å². The molecule has 0 atom stereocenters. The maximum atomic E-state index is 4.46. The number of hydrogen-bond donors (Lipinski definition) is 0. The van der Waals surface area contributed by atoms with E-state index in [4.69, 9.17) is 0 Å². The molecule has 0 unspecified atom stereocenters. The molecule has 0 saturated carbocycles. The highest BCUT2D eigenvalue weighted by molar-refractivity contribution is 6.13. The Labute approximate surface area is 432 Å². The summed E-state index contributed by atoms with van der Waals surface area (Å²) in [6.45, 7) is 23.2. The molecule has 9 aromatic carbocycles. The predicted molar refractivity (Wildman–Crippen MR) is 315 cm³/mol. The summed E-state index contributed by atoms with van der Waals surface area (Å²) in [6, 6.07) is 80.5. The van der Waals surface area contributed by atoms with E-state index in [-0.39, 0.29) is 5.41 Å². The van der Waals surface area contributed by atoms with Gasteiger partial charge in [0.25, 0.3) is 0 Å². The molecule has 360 valence electrons. The fourth-order valence-corrected chi connectivity index (χ4v) is 10.2. The Hall–Kier alpha value is -8.93. The third-order valence-corrected chi connectivity index (χ3v) is 13.5. The lowest BCUT2D eigenvalue weighted by atomic mass is 9.82. The summed E-state index contributed by atoms with van der Waals surface area (Å²) in [4.78, 5) is 11.4. The Balaban J connectivity index is 0.000000885. The smallest absolute Gasteiger partial charge is 0.129 e. The van der Waals surface area contributed by atoms with Crippen LogP contribution in [-0.4, -0.2) is 11.3 Å². The minimum Gasteiger partial charge on any atom is -0.335 e. The summed E-state index contributed by atoms with van der Waals surface area (Å²) < 4.78 is 2.45. The molecule has 1 aromatic heterocycles. The fraction of sp³-hybridized carbons (Fsp3) is 0.103. The average Bonchev–Trinajstić information content (AvgIpc) is 3.89. The third-order valence-electron chi connectivity index (χ3n) is 13.5. The number of fused-ring (bicyclic) bond motifs is 6. The molecule has 11 rings (SSSR count). The summed E-state index contributed by atoms with van der Waals surface area (Å²) >= 11 is 0. The van der Waals surface area contributed by atoms with Gasteiger partial charge in [-0.3, -0.25) is 4.90 Å². The summed E-state index contributed by atoms with van der Waals surface area (Å²) in [5.41, 5.74) is 16.8. The van der Waals surface area contributed by atoms with Crippen LogP contribution in [0.2, 0.25) is 0 Å². The molecule has 0 spiro atoms. The van der Waals surface area contributed by atoms with Crippen molar-refractivity contribution in [1.82, 2.24) is 4.57 Å². The van der Waals surface area contributed by atoms with E-state index in [1.807, 2.05) is 39.0 Å². The molecule has 0 radical (unpaired) electrons. The van der Waals surface area contributed by atoms with Gasteiger partial charge in [-0.15, -0.1) is 0 Å². The van der Waals surface area contributed by atoms with Crippen molar-refractivity contribution in [2.45, 2.75) is 46.6 Å². The zero-order chi connectivity index (χ0) is 50.9. The summed E-state index contributed by atoms with van der Waals surface area (Å²) in [5, 5.41) is 2.29. The molecule has 0 N–H and O–H groups in total. The average molecular weight is 950 g/mol. The van der Waals surface area contributed by atoms with Crippen molar-refractivity contribution < 1.29 is 0 Å². The van der Waals surface area contributed by atoms with Crippen molar-refractivity contribution in [2.75, 3.05) is 14.7 Å². The Morgan fingerprint density at radius 2 is 1.05 bits per heavy atom. The molecule has 1 heterocycles. The van der Waals surface area contributed by atoms with Crippen LogP contribution in [0.3, 0.4) is 0 Å². The standard InChI is InChI=1S/C61H49N5.C5H8.C2H6/c1-43(62-4)64(46-26-14-7-15-27-46)60-40-54-53-32-20-21-33-57(53)66(58(54)41-59(60)63(45-24-12-6-13-25-45)42-44-22-10-5-11-23-44)50-35-37-52-51-36-34-49(38-55(51)61(2,3)56(52)39-50)65(47-28-16-8-17-29-47)48-30-18-9-19-31-48;1-3-5-4-2;1-2/h5-41H,1,4,42H2,2-3H3;3-5H,1H2,2H3;1-2H3/b;5-4-;. The van der Waals surface area contributed by atoms with Crippen molar-refractivity contribution in [1.29, 1.82) is 0 Å². The fourth-order valence-electron chi connectivity index (χ4n) is 10.2. The van der Waals surface area contributed by atoms with Gasteiger partial charge in [-0.25, -0.2) is 4.99 Å². The molecular formula is C68H63N5. The van der Waals surface area contributed by atoms with Crippen LogP contribution in [0, 0.1) is 0 Å². The molecule has 0 saturated heterocycles. The monoisotopic (exact) mass is 950 g/mol. The Bertz CT molecular complexity index is 3500. The first-order valence-electron chi connectivity index (χ1n) is 25.2. The molecule has 0 fully saturated rings. The van der Waals surface area contributed by atoms with E-state index < -0.39 is 0 Å². The summed E-state index contributed by atoms with van der Waals surface area (Å²) in [7, 11) is 0. The summed E-state index contributed by atoms with van der Waals surface area (Å²) in [6.07, 6.45) is 5.58. The molecule has 10 aromatic rings. The first-order valence-corrected chi connectivity index (χ1v) is 25.2. The molecule has 5 nitrogen and oxygen atoms in total. The molecule has 0 bridgehead atoms. The van der Waals surface area contributed by atoms with Gasteiger partial charge in [0, 0.05) is 56.9 Å². The molecule has 5 heteroatoms. The number of allylic oxidation sites excluding steroid dienone is 3. The van der Waals surface area contributed by atoms with Gasteiger partial charge in [0.05, 0.1) is 22.4 Å². The van der Waals surface area contributed by atoms with E-state index in [1.165, 1.54) is 27.8 Å². The van der Waals surface area contributed by atoms with E-state index in [9.17, 15) is 0 Å². The number of anilines is 7. The number of aromatic nitrogens is 1. The second-order valence-corrected chi connectivity index (χ2v) is 18.2. The van der Waals surface area contributed by atoms with Gasteiger partial charge >= 0.3 is 0 Å². The summed E-state index contributed by atoms with van der Waals surface area (Å²) in [5.74, 6) is 0.539. The van der Waals surface area contributed by atoms with E-state index in [1.54, 1.807) is 6.08 Å². The maximum Gasteiger partial charge on any atom is 0.129 e. The van der Waals surface area contributed by atoms with Crippen molar-refractivity contribution in [3.8, 4) is 16.8 Å². The van der Waals surface area contributed by atoms with Gasteiger partial charge in [0.15, 0.2) is 0 Å².